The molecule has 1 atom stereocenters. The Kier molecular flexibility index (Phi) is 4.62. The van der Waals surface area contributed by atoms with E-state index in [0.29, 0.717) is 29.7 Å². The maximum absolute atomic E-state index is 13.1. The zero-order chi connectivity index (χ0) is 17.5. The molecule has 2 heterocycles. The second-order valence-electron chi connectivity index (χ2n) is 6.32. The van der Waals surface area contributed by atoms with E-state index in [-0.39, 0.29) is 28.9 Å². The topological polar surface area (TPSA) is 87.0 Å². The van der Waals surface area contributed by atoms with E-state index < -0.39 is 11.4 Å². The molecular weight excluding hydrogens is 350 g/mol. The van der Waals surface area contributed by atoms with Gasteiger partial charge < -0.3 is 10.2 Å². The summed E-state index contributed by atoms with van der Waals surface area (Å²) in [6.07, 6.45) is 4.48. The highest BCUT2D eigenvalue weighted by molar-refractivity contribution is 7.99. The number of Topliss-reactive ketones (excluding diaryl/α,β-unsaturated/α-hetero) is 1. The number of allylic oxidation sites excluding steroid dienone is 3. The Bertz CT molecular complexity index is 731. The van der Waals surface area contributed by atoms with E-state index >= 15 is 0 Å². The Morgan fingerprint density at radius 3 is 2.67 bits per heavy atom. The van der Waals surface area contributed by atoms with E-state index in [4.69, 9.17) is 11.6 Å². The van der Waals surface area contributed by atoms with E-state index in [1.54, 1.807) is 11.8 Å². The Morgan fingerprint density at radius 2 is 2.04 bits per heavy atom. The smallest absolute Gasteiger partial charge is 0.321 e. The second kappa shape index (κ2) is 6.41. The van der Waals surface area contributed by atoms with Crippen LogP contribution in [-0.4, -0.2) is 39.2 Å². The maximum atomic E-state index is 13.1. The number of thioether (sulfide) groups is 1. The van der Waals surface area contributed by atoms with Gasteiger partial charge in [-0.1, -0.05) is 11.6 Å². The molecule has 2 aliphatic heterocycles. The largest absolute Gasteiger partial charge is 0.507 e. The van der Waals surface area contributed by atoms with Crippen molar-refractivity contribution in [2.75, 3.05) is 11.5 Å². The van der Waals surface area contributed by atoms with Crippen LogP contribution in [0.4, 0.5) is 0 Å². The predicted molar refractivity (Wildman–Crippen MR) is 94.5 cm³/mol. The van der Waals surface area contributed by atoms with Gasteiger partial charge in [-0.05, 0) is 37.3 Å². The number of nitrogens with zero attached hydrogens (tertiary/aromatic N) is 1. The fourth-order valence-corrected chi connectivity index (χ4v) is 4.60. The van der Waals surface area contributed by atoms with Gasteiger partial charge >= 0.3 is 5.97 Å². The number of aliphatic imine (C=N–C) groups is 1. The number of aliphatic hydroxyl groups is 1. The lowest BCUT2D eigenvalue weighted by Crippen LogP contribution is -2.43. The van der Waals surface area contributed by atoms with Gasteiger partial charge in [0.2, 0.25) is 0 Å². The number of ketones is 1. The number of halogens is 1. The molecule has 1 saturated heterocycles. The number of carbonyl (C=O) groups excluding carboxylic acids is 1. The van der Waals surface area contributed by atoms with Gasteiger partial charge in [-0.25, -0.2) is 0 Å². The summed E-state index contributed by atoms with van der Waals surface area (Å²) in [4.78, 5) is 29.4. The average Bonchev–Trinajstić information content (AvgIpc) is 2.97. The van der Waals surface area contributed by atoms with Crippen LogP contribution in [0, 0.1) is 11.3 Å². The Labute approximate surface area is 149 Å². The van der Waals surface area contributed by atoms with Crippen LogP contribution in [0.1, 0.15) is 26.2 Å². The quantitative estimate of drug-likeness (QED) is 0.743. The van der Waals surface area contributed by atoms with Gasteiger partial charge in [0.25, 0.3) is 0 Å². The number of hydrogen-bond donors (Lipinski definition) is 2. The van der Waals surface area contributed by atoms with Gasteiger partial charge in [-0.15, -0.1) is 0 Å². The normalized spacial score (nSPS) is 23.8. The molecule has 3 aliphatic rings. The van der Waals surface area contributed by atoms with Crippen LogP contribution in [0.5, 0.6) is 0 Å². The van der Waals surface area contributed by atoms with E-state index in [1.165, 1.54) is 19.2 Å². The highest BCUT2D eigenvalue weighted by atomic mass is 35.5. The summed E-state index contributed by atoms with van der Waals surface area (Å²) in [7, 11) is 0. The van der Waals surface area contributed by atoms with Gasteiger partial charge in [0.15, 0.2) is 11.2 Å². The first-order valence-corrected chi connectivity index (χ1v) is 9.31. The van der Waals surface area contributed by atoms with Crippen LogP contribution >= 0.6 is 23.4 Å². The molecule has 0 amide bonds. The minimum atomic E-state index is -1.67. The molecule has 5 nitrogen and oxygen atoms in total. The summed E-state index contributed by atoms with van der Waals surface area (Å²) in [5.74, 6) is -0.0842. The number of aliphatic carboxylic acids is 1. The molecule has 1 fully saturated rings. The highest BCUT2D eigenvalue weighted by Gasteiger charge is 2.50. The van der Waals surface area contributed by atoms with Crippen LogP contribution < -0.4 is 0 Å². The number of carbonyl (C=O) groups is 2. The first-order chi connectivity index (χ1) is 11.4. The molecule has 0 radical (unpaired) electrons. The summed E-state index contributed by atoms with van der Waals surface area (Å²) in [6.45, 7) is 1.45. The number of carboxylic acids is 1. The van der Waals surface area contributed by atoms with Crippen molar-refractivity contribution in [2.45, 2.75) is 26.2 Å². The molecule has 128 valence electrons. The SMILES string of the molecule is CC(C(=O)O)(C(=O)C1CCSCC1)C1=CN=C2CC(Cl)=C(O)C=C12. The third kappa shape index (κ3) is 2.71. The molecule has 7 heteroatoms. The highest BCUT2D eigenvalue weighted by Crippen LogP contribution is 2.44. The fourth-order valence-electron chi connectivity index (χ4n) is 3.31. The minimum Gasteiger partial charge on any atom is -0.507 e. The van der Waals surface area contributed by atoms with Gasteiger partial charge in [0.1, 0.15) is 5.76 Å². The molecule has 0 aromatic heterocycles. The molecule has 1 aliphatic carbocycles. The zero-order valence-electron chi connectivity index (χ0n) is 13.2. The molecular formula is C17H18ClNO4S. The lowest BCUT2D eigenvalue weighted by Gasteiger charge is -2.32. The lowest BCUT2D eigenvalue weighted by molar-refractivity contribution is -0.152. The van der Waals surface area contributed by atoms with Gasteiger partial charge in [-0.2, -0.15) is 11.8 Å². The van der Waals surface area contributed by atoms with Crippen molar-refractivity contribution in [3.63, 3.8) is 0 Å². The molecule has 0 aromatic carbocycles. The van der Waals surface area contributed by atoms with Crippen molar-refractivity contribution in [1.82, 2.24) is 0 Å². The Hall–Kier alpha value is -1.53. The minimum absolute atomic E-state index is 0.104. The van der Waals surface area contributed by atoms with Gasteiger partial charge in [0.05, 0.1) is 10.7 Å². The van der Waals surface area contributed by atoms with Crippen LogP contribution in [0.15, 0.2) is 39.2 Å². The summed E-state index contributed by atoms with van der Waals surface area (Å²) >= 11 is 7.72. The molecule has 0 spiro atoms. The fraction of sp³-hybridized carbons (Fsp3) is 0.471. The average molecular weight is 368 g/mol. The molecule has 2 N–H and O–H groups in total. The van der Waals surface area contributed by atoms with Gasteiger partial charge in [-0.3, -0.25) is 14.6 Å². The zero-order valence-corrected chi connectivity index (χ0v) is 14.8. The molecule has 1 unspecified atom stereocenters. The first-order valence-electron chi connectivity index (χ1n) is 7.78. The van der Waals surface area contributed by atoms with E-state index in [2.05, 4.69) is 4.99 Å². The summed E-state index contributed by atoms with van der Waals surface area (Å²) in [5.41, 5.74) is -0.245. The van der Waals surface area contributed by atoms with Gasteiger partial charge in [0, 0.05) is 29.7 Å². The molecule has 0 aromatic rings. The standard InChI is InChI=1S/C17H18ClNO4S/c1-17(16(22)23,15(21)9-2-4-24-5-3-9)11-8-19-13-7-12(18)14(20)6-10(11)13/h6,8-9,20H,2-5,7H2,1H3,(H,22,23). The molecule has 24 heavy (non-hydrogen) atoms. The summed E-state index contributed by atoms with van der Waals surface area (Å²) in [6, 6.07) is 0. The van der Waals surface area contributed by atoms with E-state index in [1.807, 2.05) is 0 Å². The van der Waals surface area contributed by atoms with E-state index in [9.17, 15) is 19.8 Å². The Morgan fingerprint density at radius 1 is 1.38 bits per heavy atom. The molecule has 0 bridgehead atoms. The number of hydrogen-bond acceptors (Lipinski definition) is 5. The van der Waals surface area contributed by atoms with Crippen molar-refractivity contribution in [2.24, 2.45) is 16.3 Å². The van der Waals surface area contributed by atoms with Crippen molar-refractivity contribution >= 4 is 40.8 Å². The van der Waals surface area contributed by atoms with Crippen LogP contribution in [0.3, 0.4) is 0 Å². The molecule has 0 saturated carbocycles. The van der Waals surface area contributed by atoms with Crippen molar-refractivity contribution in [3.05, 3.63) is 34.2 Å². The summed E-state index contributed by atoms with van der Waals surface area (Å²) in [5, 5.41) is 20.0. The predicted octanol–water partition coefficient (Wildman–Crippen LogP) is 3.47. The molecule has 3 rings (SSSR count). The third-order valence-electron chi connectivity index (χ3n) is 4.88. The maximum Gasteiger partial charge on any atom is 0.321 e. The third-order valence-corrected chi connectivity index (χ3v) is 6.26. The lowest BCUT2D eigenvalue weighted by atomic mass is 9.69. The summed E-state index contributed by atoms with van der Waals surface area (Å²) < 4.78 is 0. The van der Waals surface area contributed by atoms with E-state index in [0.717, 1.165) is 11.5 Å². The monoisotopic (exact) mass is 367 g/mol. The second-order valence-corrected chi connectivity index (χ2v) is 8.01. The number of aliphatic hydroxyl groups excluding tert-OH is 1. The first kappa shape index (κ1) is 17.3. The number of rotatable bonds is 4. The Balaban J connectivity index is 1.99. The van der Waals surface area contributed by atoms with Crippen LogP contribution in [0.25, 0.3) is 0 Å². The van der Waals surface area contributed by atoms with Crippen molar-refractivity contribution in [1.29, 1.82) is 0 Å². The van der Waals surface area contributed by atoms with Crippen molar-refractivity contribution in [3.8, 4) is 0 Å². The number of carboxylic acid groups (broad SMARTS) is 1. The van der Waals surface area contributed by atoms with Crippen LogP contribution in [-0.2, 0) is 9.59 Å². The number of fused-ring (bicyclic) bond motifs is 1. The van der Waals surface area contributed by atoms with Crippen LogP contribution in [0.2, 0.25) is 0 Å². The van der Waals surface area contributed by atoms with Crippen molar-refractivity contribution < 1.29 is 19.8 Å².